The molecule has 24 heavy (non-hydrogen) atoms. The van der Waals surface area contributed by atoms with Gasteiger partial charge in [-0.2, -0.15) is 9.61 Å². The zero-order chi connectivity index (χ0) is 17.3. The number of fused-ring (bicyclic) bond motifs is 1. The quantitative estimate of drug-likeness (QED) is 0.402. The first kappa shape index (κ1) is 15.8. The van der Waals surface area contributed by atoms with Crippen molar-refractivity contribution in [3.05, 3.63) is 66.6 Å². The first-order valence-corrected chi connectivity index (χ1v) is 7.76. The maximum Gasteiger partial charge on any atom is 0.342 e. The molecule has 1 aromatic carbocycles. The van der Waals surface area contributed by atoms with Crippen LogP contribution in [0.2, 0.25) is 0 Å². The Balaban J connectivity index is 2.06. The lowest BCUT2D eigenvalue weighted by atomic mass is 10.2. The summed E-state index contributed by atoms with van der Waals surface area (Å²) in [6.07, 6.45) is 2.90. The van der Waals surface area contributed by atoms with Crippen molar-refractivity contribution in [2.45, 2.75) is 6.92 Å². The molecule has 0 aliphatic carbocycles. The molecule has 3 rings (SSSR count). The van der Waals surface area contributed by atoms with E-state index < -0.39 is 10.9 Å². The largest absolute Gasteiger partial charge is 0.462 e. The summed E-state index contributed by atoms with van der Waals surface area (Å²) in [7, 11) is 0. The molecule has 0 saturated carbocycles. The number of non-ortho nitro benzene ring substituents is 1. The lowest BCUT2D eigenvalue weighted by Gasteiger charge is -1.96. The van der Waals surface area contributed by atoms with Crippen LogP contribution < -0.4 is 10.1 Å². The number of thiazole rings is 1. The zero-order valence-corrected chi connectivity index (χ0v) is 13.3. The Hall–Kier alpha value is -3.07. The SMILES string of the molecule is CCOC(=O)c1cnn2c(=O)/c(=C/c3ccc([N+](=O)[O-])cc3)sc12. The van der Waals surface area contributed by atoms with E-state index in [1.54, 1.807) is 25.1 Å². The van der Waals surface area contributed by atoms with Gasteiger partial charge in [-0.1, -0.05) is 0 Å². The summed E-state index contributed by atoms with van der Waals surface area (Å²) in [6, 6.07) is 5.82. The van der Waals surface area contributed by atoms with Gasteiger partial charge in [-0.25, -0.2) is 4.79 Å². The number of esters is 1. The van der Waals surface area contributed by atoms with E-state index in [2.05, 4.69) is 5.10 Å². The van der Waals surface area contributed by atoms with Gasteiger partial charge in [-0.15, -0.1) is 11.3 Å². The van der Waals surface area contributed by atoms with Gasteiger partial charge in [0.25, 0.3) is 11.2 Å². The predicted octanol–water partition coefficient (Wildman–Crippen LogP) is 1.39. The van der Waals surface area contributed by atoms with E-state index in [1.807, 2.05) is 0 Å². The van der Waals surface area contributed by atoms with Crippen LogP contribution in [0.3, 0.4) is 0 Å². The maximum atomic E-state index is 12.3. The number of aromatic nitrogens is 2. The van der Waals surface area contributed by atoms with Crippen molar-refractivity contribution in [3.8, 4) is 0 Å². The molecule has 0 radical (unpaired) electrons. The van der Waals surface area contributed by atoms with Crippen LogP contribution in [0.1, 0.15) is 22.8 Å². The van der Waals surface area contributed by atoms with Crippen LogP contribution in [-0.4, -0.2) is 27.1 Å². The summed E-state index contributed by atoms with van der Waals surface area (Å²) < 4.78 is 6.46. The number of rotatable bonds is 4. The van der Waals surface area contributed by atoms with E-state index in [9.17, 15) is 19.7 Å². The highest BCUT2D eigenvalue weighted by atomic mass is 32.1. The normalized spacial score (nSPS) is 11.8. The molecule has 2 heterocycles. The van der Waals surface area contributed by atoms with Crippen molar-refractivity contribution in [1.29, 1.82) is 0 Å². The van der Waals surface area contributed by atoms with E-state index in [0.717, 1.165) is 15.9 Å². The molecule has 0 spiro atoms. The average molecular weight is 345 g/mol. The molecule has 122 valence electrons. The molecular weight excluding hydrogens is 334 g/mol. The third kappa shape index (κ3) is 2.76. The van der Waals surface area contributed by atoms with Crippen molar-refractivity contribution in [3.63, 3.8) is 0 Å². The fraction of sp³-hybridized carbons (Fsp3) is 0.133. The third-order valence-electron chi connectivity index (χ3n) is 3.23. The van der Waals surface area contributed by atoms with E-state index >= 15 is 0 Å². The van der Waals surface area contributed by atoms with Crippen molar-refractivity contribution in [2.75, 3.05) is 6.61 Å². The fourth-order valence-corrected chi connectivity index (χ4v) is 3.16. The van der Waals surface area contributed by atoms with Gasteiger partial charge in [-0.05, 0) is 30.7 Å². The van der Waals surface area contributed by atoms with Crippen molar-refractivity contribution < 1.29 is 14.5 Å². The first-order chi connectivity index (χ1) is 11.5. The van der Waals surface area contributed by atoms with Gasteiger partial charge < -0.3 is 4.74 Å². The van der Waals surface area contributed by atoms with Crippen molar-refractivity contribution in [2.24, 2.45) is 0 Å². The fourth-order valence-electron chi connectivity index (χ4n) is 2.12. The van der Waals surface area contributed by atoms with Crippen molar-refractivity contribution >= 4 is 33.9 Å². The molecule has 0 amide bonds. The molecule has 0 aliphatic heterocycles. The lowest BCUT2D eigenvalue weighted by Crippen LogP contribution is -2.23. The lowest BCUT2D eigenvalue weighted by molar-refractivity contribution is -0.384. The number of carbonyl (C=O) groups is 1. The second-order valence-corrected chi connectivity index (χ2v) is 5.79. The topological polar surface area (TPSA) is 104 Å². The van der Waals surface area contributed by atoms with Crippen LogP contribution in [0.15, 0.2) is 35.3 Å². The highest BCUT2D eigenvalue weighted by Crippen LogP contribution is 2.15. The van der Waals surface area contributed by atoms with E-state index in [0.29, 0.717) is 14.9 Å². The predicted molar refractivity (Wildman–Crippen MR) is 87.2 cm³/mol. The minimum atomic E-state index is -0.532. The van der Waals surface area contributed by atoms with Crippen LogP contribution in [0.5, 0.6) is 0 Å². The Morgan fingerprint density at radius 1 is 1.42 bits per heavy atom. The number of hydrogen-bond acceptors (Lipinski definition) is 7. The van der Waals surface area contributed by atoms with Gasteiger partial charge in [0, 0.05) is 12.1 Å². The Morgan fingerprint density at radius 3 is 2.75 bits per heavy atom. The van der Waals surface area contributed by atoms with Crippen LogP contribution in [0.4, 0.5) is 5.69 Å². The molecule has 0 aliphatic rings. The molecule has 0 atom stereocenters. The number of benzene rings is 1. The van der Waals surface area contributed by atoms with E-state index in [4.69, 9.17) is 4.74 Å². The average Bonchev–Trinajstić information content (AvgIpc) is 3.09. The van der Waals surface area contributed by atoms with Crippen LogP contribution in [0, 0.1) is 10.1 Å². The van der Waals surface area contributed by atoms with Gasteiger partial charge in [0.1, 0.15) is 10.4 Å². The highest BCUT2D eigenvalue weighted by Gasteiger charge is 2.17. The maximum absolute atomic E-state index is 12.3. The summed E-state index contributed by atoms with van der Waals surface area (Å²) in [5.41, 5.74) is 0.492. The van der Waals surface area contributed by atoms with Gasteiger partial charge in [-0.3, -0.25) is 14.9 Å². The minimum Gasteiger partial charge on any atom is -0.462 e. The highest BCUT2D eigenvalue weighted by molar-refractivity contribution is 7.15. The third-order valence-corrected chi connectivity index (χ3v) is 4.33. The van der Waals surface area contributed by atoms with Gasteiger partial charge in [0.15, 0.2) is 0 Å². The zero-order valence-electron chi connectivity index (χ0n) is 12.5. The summed E-state index contributed by atoms with van der Waals surface area (Å²) in [5.74, 6) is -0.532. The summed E-state index contributed by atoms with van der Waals surface area (Å²) in [4.78, 5) is 34.7. The molecule has 2 aromatic heterocycles. The van der Waals surface area contributed by atoms with E-state index in [-0.39, 0.29) is 23.4 Å². The minimum absolute atomic E-state index is 0.0277. The number of hydrogen-bond donors (Lipinski definition) is 0. The molecule has 0 N–H and O–H groups in total. The molecule has 8 nitrogen and oxygen atoms in total. The molecule has 0 saturated heterocycles. The summed E-state index contributed by atoms with van der Waals surface area (Å²) >= 11 is 1.11. The summed E-state index contributed by atoms with van der Waals surface area (Å²) in [6.45, 7) is 1.92. The Morgan fingerprint density at radius 2 is 2.12 bits per heavy atom. The number of nitro groups is 1. The van der Waals surface area contributed by atoms with Gasteiger partial charge in [0.05, 0.1) is 22.3 Å². The number of nitrogens with zero attached hydrogens (tertiary/aromatic N) is 3. The van der Waals surface area contributed by atoms with E-state index in [1.165, 1.54) is 18.3 Å². The molecule has 3 aromatic rings. The number of carbonyl (C=O) groups excluding carboxylic acids is 1. The Bertz CT molecular complexity index is 1040. The molecule has 9 heteroatoms. The summed E-state index contributed by atoms with van der Waals surface area (Å²) in [5, 5.41) is 14.6. The first-order valence-electron chi connectivity index (χ1n) is 6.95. The van der Waals surface area contributed by atoms with Gasteiger partial charge in [0.2, 0.25) is 0 Å². The number of nitro benzene ring substituents is 1. The number of ether oxygens (including phenoxy) is 1. The standard InChI is InChI=1S/C15H11N3O5S/c1-2-23-15(20)11-8-16-17-13(19)12(24-14(11)17)7-9-3-5-10(6-4-9)18(21)22/h3-8H,2H2,1H3/b12-7-. The Kier molecular flexibility index (Phi) is 4.09. The Labute approximate surface area is 138 Å². The molecule has 0 bridgehead atoms. The van der Waals surface area contributed by atoms with Gasteiger partial charge >= 0.3 is 5.97 Å². The second kappa shape index (κ2) is 6.20. The molecular formula is C15H11N3O5S. The monoisotopic (exact) mass is 345 g/mol. The smallest absolute Gasteiger partial charge is 0.342 e. The van der Waals surface area contributed by atoms with Crippen LogP contribution in [-0.2, 0) is 4.74 Å². The molecule has 0 unspecified atom stereocenters. The second-order valence-electron chi connectivity index (χ2n) is 4.76. The molecule has 0 fully saturated rings. The van der Waals surface area contributed by atoms with Crippen LogP contribution in [0.25, 0.3) is 10.9 Å². The van der Waals surface area contributed by atoms with Crippen molar-refractivity contribution in [1.82, 2.24) is 9.61 Å². The van der Waals surface area contributed by atoms with Crippen LogP contribution >= 0.6 is 11.3 Å².